The number of rotatable bonds is 5. The van der Waals surface area contributed by atoms with Crippen LogP contribution in [0.15, 0.2) is 48.7 Å². The van der Waals surface area contributed by atoms with E-state index >= 15 is 0 Å². The van der Waals surface area contributed by atoms with Crippen LogP contribution in [-0.4, -0.2) is 16.8 Å². The van der Waals surface area contributed by atoms with Crippen molar-refractivity contribution in [2.24, 2.45) is 0 Å². The molecule has 110 valence electrons. The lowest BCUT2D eigenvalue weighted by molar-refractivity contribution is -0.126. The first-order chi connectivity index (χ1) is 10.7. The van der Waals surface area contributed by atoms with Gasteiger partial charge in [0.25, 0.3) is 0 Å². The lowest BCUT2D eigenvalue weighted by atomic mass is 10.2. The third-order valence-electron chi connectivity index (χ3n) is 2.84. The molecule has 0 aliphatic rings. The molecule has 0 radical (unpaired) electrons. The maximum atomic E-state index is 11.8. The molecule has 22 heavy (non-hydrogen) atoms. The SMILES string of the molecule is N#Cc1ccccc1NC(=O)CC(=O)NCc1ccccn1. The molecule has 1 heterocycles. The highest BCUT2D eigenvalue weighted by Gasteiger charge is 2.11. The lowest BCUT2D eigenvalue weighted by Gasteiger charge is -2.07. The Kier molecular flexibility index (Phi) is 5.21. The average Bonchev–Trinajstić information content (AvgIpc) is 2.54. The number of hydrogen-bond acceptors (Lipinski definition) is 4. The molecule has 2 amide bonds. The van der Waals surface area contributed by atoms with Gasteiger partial charge in [-0.3, -0.25) is 14.6 Å². The van der Waals surface area contributed by atoms with E-state index in [1.165, 1.54) is 0 Å². The Morgan fingerprint density at radius 1 is 1.09 bits per heavy atom. The summed E-state index contributed by atoms with van der Waals surface area (Å²) < 4.78 is 0. The van der Waals surface area contributed by atoms with Crippen LogP contribution in [0.4, 0.5) is 5.69 Å². The van der Waals surface area contributed by atoms with Crippen LogP contribution in [0.2, 0.25) is 0 Å². The summed E-state index contributed by atoms with van der Waals surface area (Å²) in [4.78, 5) is 27.6. The quantitative estimate of drug-likeness (QED) is 0.819. The summed E-state index contributed by atoms with van der Waals surface area (Å²) in [6.07, 6.45) is 1.32. The zero-order valence-electron chi connectivity index (χ0n) is 11.7. The minimum Gasteiger partial charge on any atom is -0.350 e. The monoisotopic (exact) mass is 294 g/mol. The summed E-state index contributed by atoms with van der Waals surface area (Å²) in [7, 11) is 0. The molecule has 0 bridgehead atoms. The van der Waals surface area contributed by atoms with Crippen LogP contribution in [0, 0.1) is 11.3 Å². The first-order valence-corrected chi connectivity index (χ1v) is 6.64. The molecule has 0 atom stereocenters. The number of aromatic nitrogens is 1. The Bertz CT molecular complexity index is 708. The van der Waals surface area contributed by atoms with Gasteiger partial charge in [-0.2, -0.15) is 5.26 Å². The highest BCUT2D eigenvalue weighted by atomic mass is 16.2. The van der Waals surface area contributed by atoms with E-state index in [-0.39, 0.29) is 13.0 Å². The third kappa shape index (κ3) is 4.42. The molecule has 0 unspecified atom stereocenters. The number of hydrogen-bond donors (Lipinski definition) is 2. The molecule has 0 saturated carbocycles. The van der Waals surface area contributed by atoms with E-state index < -0.39 is 11.8 Å². The smallest absolute Gasteiger partial charge is 0.233 e. The first-order valence-electron chi connectivity index (χ1n) is 6.64. The second-order valence-electron chi connectivity index (χ2n) is 4.48. The Labute approximate surface area is 127 Å². The number of nitrogens with zero attached hydrogens (tertiary/aromatic N) is 2. The molecule has 0 aliphatic heterocycles. The van der Waals surface area contributed by atoms with Crippen molar-refractivity contribution in [3.05, 3.63) is 59.9 Å². The van der Waals surface area contributed by atoms with Crippen LogP contribution < -0.4 is 10.6 Å². The molecular formula is C16H14N4O2. The van der Waals surface area contributed by atoms with Crippen molar-refractivity contribution >= 4 is 17.5 Å². The molecule has 2 aromatic rings. The van der Waals surface area contributed by atoms with Crippen LogP contribution >= 0.6 is 0 Å². The molecule has 0 aliphatic carbocycles. The van der Waals surface area contributed by atoms with Crippen molar-refractivity contribution < 1.29 is 9.59 Å². The van der Waals surface area contributed by atoms with Crippen LogP contribution in [0.5, 0.6) is 0 Å². The predicted octanol–water partition coefficient (Wildman–Crippen LogP) is 1.60. The van der Waals surface area contributed by atoms with Crippen molar-refractivity contribution in [1.82, 2.24) is 10.3 Å². The number of para-hydroxylation sites is 1. The molecule has 1 aromatic heterocycles. The molecule has 0 fully saturated rings. The van der Waals surface area contributed by atoms with Crippen molar-refractivity contribution in [3.8, 4) is 6.07 Å². The molecular weight excluding hydrogens is 280 g/mol. The minimum atomic E-state index is -0.471. The van der Waals surface area contributed by atoms with E-state index in [1.807, 2.05) is 12.1 Å². The highest BCUT2D eigenvalue weighted by molar-refractivity contribution is 6.04. The fourth-order valence-corrected chi connectivity index (χ4v) is 1.78. The maximum absolute atomic E-state index is 11.8. The van der Waals surface area contributed by atoms with E-state index in [0.717, 1.165) is 0 Å². The van der Waals surface area contributed by atoms with Crippen molar-refractivity contribution in [1.29, 1.82) is 5.26 Å². The van der Waals surface area contributed by atoms with E-state index in [2.05, 4.69) is 15.6 Å². The molecule has 1 aromatic carbocycles. The largest absolute Gasteiger partial charge is 0.350 e. The topological polar surface area (TPSA) is 94.9 Å². The predicted molar refractivity (Wildman–Crippen MR) is 80.5 cm³/mol. The van der Waals surface area contributed by atoms with Crippen molar-refractivity contribution in [2.45, 2.75) is 13.0 Å². The van der Waals surface area contributed by atoms with E-state index in [0.29, 0.717) is 16.9 Å². The van der Waals surface area contributed by atoms with Crippen molar-refractivity contribution in [2.75, 3.05) is 5.32 Å². The van der Waals surface area contributed by atoms with E-state index in [1.54, 1.807) is 42.6 Å². The summed E-state index contributed by atoms with van der Waals surface area (Å²) in [6, 6.07) is 14.0. The Balaban J connectivity index is 1.84. The molecule has 0 spiro atoms. The number of nitrogens with one attached hydrogen (secondary N) is 2. The normalized spacial score (nSPS) is 9.59. The van der Waals surface area contributed by atoms with Gasteiger partial charge in [-0.15, -0.1) is 0 Å². The molecule has 6 nitrogen and oxygen atoms in total. The zero-order valence-corrected chi connectivity index (χ0v) is 11.7. The molecule has 2 N–H and O–H groups in total. The summed E-state index contributed by atoms with van der Waals surface area (Å²) in [6.45, 7) is 0.266. The van der Waals surface area contributed by atoms with Gasteiger partial charge in [0, 0.05) is 6.20 Å². The third-order valence-corrected chi connectivity index (χ3v) is 2.84. The Hall–Kier alpha value is -3.20. The van der Waals surface area contributed by atoms with Gasteiger partial charge in [0.1, 0.15) is 12.5 Å². The van der Waals surface area contributed by atoms with Gasteiger partial charge in [-0.25, -0.2) is 0 Å². The van der Waals surface area contributed by atoms with Crippen LogP contribution in [-0.2, 0) is 16.1 Å². The second-order valence-corrected chi connectivity index (χ2v) is 4.48. The fourth-order valence-electron chi connectivity index (χ4n) is 1.78. The fraction of sp³-hybridized carbons (Fsp3) is 0.125. The van der Waals surface area contributed by atoms with E-state index in [4.69, 9.17) is 5.26 Å². The van der Waals surface area contributed by atoms with Gasteiger partial charge in [0.05, 0.1) is 23.5 Å². The number of carbonyl (C=O) groups excluding carboxylic acids is 2. The van der Waals surface area contributed by atoms with Crippen LogP contribution in [0.1, 0.15) is 17.7 Å². The molecule has 0 saturated heterocycles. The molecule has 2 rings (SSSR count). The number of nitriles is 1. The lowest BCUT2D eigenvalue weighted by Crippen LogP contribution is -2.28. The maximum Gasteiger partial charge on any atom is 0.233 e. The number of carbonyl (C=O) groups is 2. The Morgan fingerprint density at radius 3 is 2.59 bits per heavy atom. The summed E-state index contributed by atoms with van der Waals surface area (Å²) in [5.41, 5.74) is 1.46. The van der Waals surface area contributed by atoms with Gasteiger partial charge >= 0.3 is 0 Å². The second kappa shape index (κ2) is 7.55. The van der Waals surface area contributed by atoms with Gasteiger partial charge in [-0.05, 0) is 24.3 Å². The minimum absolute atomic E-state index is 0.266. The van der Waals surface area contributed by atoms with Gasteiger partial charge in [-0.1, -0.05) is 18.2 Å². The number of amides is 2. The van der Waals surface area contributed by atoms with Gasteiger partial charge < -0.3 is 10.6 Å². The van der Waals surface area contributed by atoms with Crippen LogP contribution in [0.3, 0.4) is 0 Å². The van der Waals surface area contributed by atoms with Crippen molar-refractivity contribution in [3.63, 3.8) is 0 Å². The van der Waals surface area contributed by atoms with E-state index in [9.17, 15) is 9.59 Å². The van der Waals surface area contributed by atoms with Gasteiger partial charge in [0.15, 0.2) is 0 Å². The summed E-state index contributed by atoms with van der Waals surface area (Å²) >= 11 is 0. The standard InChI is InChI=1S/C16H14N4O2/c17-10-12-5-1-2-7-14(12)20-16(22)9-15(21)19-11-13-6-3-4-8-18-13/h1-8H,9,11H2,(H,19,21)(H,20,22). The number of anilines is 1. The first kappa shape index (κ1) is 15.2. The number of pyridine rings is 1. The zero-order chi connectivity index (χ0) is 15.8. The molecule has 6 heteroatoms. The summed E-state index contributed by atoms with van der Waals surface area (Å²) in [5, 5.41) is 14.1. The number of benzene rings is 1. The summed E-state index contributed by atoms with van der Waals surface area (Å²) in [5.74, 6) is -0.876. The van der Waals surface area contributed by atoms with Crippen LogP contribution in [0.25, 0.3) is 0 Å². The Morgan fingerprint density at radius 2 is 1.86 bits per heavy atom. The highest BCUT2D eigenvalue weighted by Crippen LogP contribution is 2.13. The van der Waals surface area contributed by atoms with Gasteiger partial charge in [0.2, 0.25) is 11.8 Å². The average molecular weight is 294 g/mol.